The summed E-state index contributed by atoms with van der Waals surface area (Å²) in [6, 6.07) is 6.15. The zero-order chi connectivity index (χ0) is 12.1. The van der Waals surface area contributed by atoms with Crippen molar-refractivity contribution in [2.45, 2.75) is 11.4 Å². The standard InChI is InChI=1S/C12H14N2OS2/c1-15-12-5-10(16-2)3-4-11(12)13-6-9-7-17-8-14-9/h3-5,7-8,13H,6H2,1-2H3. The number of aromatic nitrogens is 1. The third-order valence-electron chi connectivity index (χ3n) is 2.35. The van der Waals surface area contributed by atoms with E-state index in [1.54, 1.807) is 30.2 Å². The summed E-state index contributed by atoms with van der Waals surface area (Å²) >= 11 is 3.31. The number of nitrogens with one attached hydrogen (secondary N) is 1. The van der Waals surface area contributed by atoms with E-state index in [1.165, 1.54) is 4.90 Å². The van der Waals surface area contributed by atoms with Crippen LogP contribution in [0.4, 0.5) is 5.69 Å². The Morgan fingerprint density at radius 3 is 3.00 bits per heavy atom. The summed E-state index contributed by atoms with van der Waals surface area (Å²) in [5.41, 5.74) is 3.88. The maximum absolute atomic E-state index is 5.36. The molecule has 3 nitrogen and oxygen atoms in total. The van der Waals surface area contributed by atoms with E-state index in [9.17, 15) is 0 Å². The Morgan fingerprint density at radius 2 is 2.35 bits per heavy atom. The first-order valence-electron chi connectivity index (χ1n) is 5.16. The van der Waals surface area contributed by atoms with Gasteiger partial charge >= 0.3 is 0 Å². The van der Waals surface area contributed by atoms with Gasteiger partial charge in [0.25, 0.3) is 0 Å². The van der Waals surface area contributed by atoms with E-state index in [4.69, 9.17) is 4.74 Å². The first-order valence-corrected chi connectivity index (χ1v) is 7.33. The quantitative estimate of drug-likeness (QED) is 0.840. The van der Waals surface area contributed by atoms with Crippen LogP contribution in [0.5, 0.6) is 5.75 Å². The lowest BCUT2D eigenvalue weighted by atomic mass is 10.3. The van der Waals surface area contributed by atoms with Gasteiger partial charge in [0.2, 0.25) is 0 Å². The number of nitrogens with zero attached hydrogens (tertiary/aromatic N) is 1. The molecule has 90 valence electrons. The van der Waals surface area contributed by atoms with Gasteiger partial charge in [-0.1, -0.05) is 0 Å². The van der Waals surface area contributed by atoms with Crippen LogP contribution in [0.2, 0.25) is 0 Å². The van der Waals surface area contributed by atoms with E-state index in [1.807, 2.05) is 23.0 Å². The predicted octanol–water partition coefficient (Wildman–Crippen LogP) is 3.49. The Bertz CT molecular complexity index is 471. The van der Waals surface area contributed by atoms with Gasteiger partial charge in [-0.2, -0.15) is 0 Å². The molecule has 1 aromatic heterocycles. The average molecular weight is 266 g/mol. The van der Waals surface area contributed by atoms with Crippen LogP contribution in [-0.4, -0.2) is 18.3 Å². The van der Waals surface area contributed by atoms with Gasteiger partial charge in [0, 0.05) is 10.3 Å². The fraction of sp³-hybridized carbons (Fsp3) is 0.250. The number of rotatable bonds is 5. The van der Waals surface area contributed by atoms with E-state index in [-0.39, 0.29) is 0 Å². The van der Waals surface area contributed by atoms with E-state index < -0.39 is 0 Å². The number of benzene rings is 1. The average Bonchev–Trinajstić information content (AvgIpc) is 2.89. The smallest absolute Gasteiger partial charge is 0.143 e. The Labute approximate surface area is 109 Å². The van der Waals surface area contributed by atoms with Crippen molar-refractivity contribution >= 4 is 28.8 Å². The summed E-state index contributed by atoms with van der Waals surface area (Å²) in [5, 5.41) is 5.37. The third kappa shape index (κ3) is 3.14. The van der Waals surface area contributed by atoms with Gasteiger partial charge in [-0.15, -0.1) is 23.1 Å². The van der Waals surface area contributed by atoms with Gasteiger partial charge in [0.15, 0.2) is 0 Å². The number of anilines is 1. The molecule has 5 heteroatoms. The molecule has 0 radical (unpaired) electrons. The molecule has 0 bridgehead atoms. The molecule has 0 saturated carbocycles. The Hall–Kier alpha value is -1.20. The fourth-order valence-electron chi connectivity index (χ4n) is 1.46. The zero-order valence-corrected chi connectivity index (χ0v) is 11.4. The summed E-state index contributed by atoms with van der Waals surface area (Å²) in [6.07, 6.45) is 2.05. The highest BCUT2D eigenvalue weighted by atomic mass is 32.2. The second kappa shape index (κ2) is 5.93. The van der Waals surface area contributed by atoms with Crippen LogP contribution < -0.4 is 10.1 Å². The van der Waals surface area contributed by atoms with Crippen LogP contribution in [0.25, 0.3) is 0 Å². The molecule has 0 spiro atoms. The second-order valence-corrected chi connectivity index (χ2v) is 5.00. The van der Waals surface area contributed by atoms with Crippen LogP contribution >= 0.6 is 23.1 Å². The largest absolute Gasteiger partial charge is 0.495 e. The van der Waals surface area contributed by atoms with Gasteiger partial charge in [-0.3, -0.25) is 0 Å². The summed E-state index contributed by atoms with van der Waals surface area (Å²) in [7, 11) is 1.69. The van der Waals surface area contributed by atoms with Gasteiger partial charge < -0.3 is 10.1 Å². The molecule has 2 rings (SSSR count). The predicted molar refractivity (Wildman–Crippen MR) is 74.2 cm³/mol. The topological polar surface area (TPSA) is 34.1 Å². The number of ether oxygens (including phenoxy) is 1. The highest BCUT2D eigenvalue weighted by molar-refractivity contribution is 7.98. The molecular weight excluding hydrogens is 252 g/mol. The Morgan fingerprint density at radius 1 is 1.47 bits per heavy atom. The molecule has 0 atom stereocenters. The SMILES string of the molecule is COc1cc(SC)ccc1NCc1cscn1. The van der Waals surface area contributed by atoms with Crippen LogP contribution in [-0.2, 0) is 6.54 Å². The van der Waals surface area contributed by atoms with Crippen molar-refractivity contribution in [3.8, 4) is 5.75 Å². The lowest BCUT2D eigenvalue weighted by molar-refractivity contribution is 0.415. The van der Waals surface area contributed by atoms with Crippen molar-refractivity contribution in [2.24, 2.45) is 0 Å². The molecule has 0 aliphatic carbocycles. The molecule has 0 unspecified atom stereocenters. The van der Waals surface area contributed by atoms with E-state index in [0.29, 0.717) is 0 Å². The zero-order valence-electron chi connectivity index (χ0n) is 9.77. The molecule has 0 aliphatic heterocycles. The molecule has 0 saturated heterocycles. The Balaban J connectivity index is 2.09. The van der Waals surface area contributed by atoms with Crippen LogP contribution in [0.15, 0.2) is 34.0 Å². The first kappa shape index (κ1) is 12.3. The maximum atomic E-state index is 5.36. The highest BCUT2D eigenvalue weighted by Gasteiger charge is 2.04. The molecule has 1 aromatic carbocycles. The van der Waals surface area contributed by atoms with Crippen LogP contribution in [0.3, 0.4) is 0 Å². The maximum Gasteiger partial charge on any atom is 0.143 e. The fourth-order valence-corrected chi connectivity index (χ4v) is 2.44. The normalized spacial score (nSPS) is 10.2. The van der Waals surface area contributed by atoms with Crippen molar-refractivity contribution in [1.29, 1.82) is 0 Å². The van der Waals surface area contributed by atoms with Gasteiger partial charge in [0.05, 0.1) is 30.5 Å². The van der Waals surface area contributed by atoms with Crippen LogP contribution in [0, 0.1) is 0 Å². The molecule has 1 heterocycles. The lowest BCUT2D eigenvalue weighted by Crippen LogP contribution is -2.01. The second-order valence-electron chi connectivity index (χ2n) is 3.40. The summed E-state index contributed by atoms with van der Waals surface area (Å²) in [5.74, 6) is 0.868. The van der Waals surface area contributed by atoms with Gasteiger partial charge in [0.1, 0.15) is 5.75 Å². The van der Waals surface area contributed by atoms with Crippen molar-refractivity contribution in [3.05, 3.63) is 34.8 Å². The van der Waals surface area contributed by atoms with Crippen LogP contribution in [0.1, 0.15) is 5.69 Å². The van der Waals surface area contributed by atoms with E-state index in [0.717, 1.165) is 23.7 Å². The monoisotopic (exact) mass is 266 g/mol. The molecule has 0 fully saturated rings. The molecule has 0 amide bonds. The van der Waals surface area contributed by atoms with Crippen molar-refractivity contribution in [1.82, 2.24) is 4.98 Å². The lowest BCUT2D eigenvalue weighted by Gasteiger charge is -2.11. The molecule has 1 N–H and O–H groups in total. The minimum Gasteiger partial charge on any atom is -0.495 e. The highest BCUT2D eigenvalue weighted by Crippen LogP contribution is 2.29. The number of hydrogen-bond acceptors (Lipinski definition) is 5. The van der Waals surface area contributed by atoms with E-state index in [2.05, 4.69) is 22.6 Å². The minimum absolute atomic E-state index is 0.721. The molecule has 2 aromatic rings. The first-order chi connectivity index (χ1) is 8.33. The number of thioether (sulfide) groups is 1. The molecule has 17 heavy (non-hydrogen) atoms. The number of methoxy groups -OCH3 is 1. The third-order valence-corrected chi connectivity index (χ3v) is 3.71. The van der Waals surface area contributed by atoms with Gasteiger partial charge in [-0.05, 0) is 24.5 Å². The van der Waals surface area contributed by atoms with E-state index >= 15 is 0 Å². The number of thiazole rings is 1. The van der Waals surface area contributed by atoms with Gasteiger partial charge in [-0.25, -0.2) is 4.98 Å². The Kier molecular flexibility index (Phi) is 4.28. The molecular formula is C12H14N2OS2. The van der Waals surface area contributed by atoms with Crippen molar-refractivity contribution in [3.63, 3.8) is 0 Å². The number of hydrogen-bond donors (Lipinski definition) is 1. The summed E-state index contributed by atoms with van der Waals surface area (Å²) in [4.78, 5) is 5.43. The summed E-state index contributed by atoms with van der Waals surface area (Å²) < 4.78 is 5.36. The summed E-state index contributed by atoms with van der Waals surface area (Å²) in [6.45, 7) is 0.721. The minimum atomic E-state index is 0.721. The molecule has 0 aliphatic rings. The van der Waals surface area contributed by atoms with Crippen molar-refractivity contribution in [2.75, 3.05) is 18.7 Å². The van der Waals surface area contributed by atoms with Crippen molar-refractivity contribution < 1.29 is 4.74 Å².